The average Bonchev–Trinajstić information content (AvgIpc) is 3.09. The molecule has 0 aliphatic carbocycles. The van der Waals surface area contributed by atoms with E-state index in [-0.39, 0.29) is 11.9 Å². The summed E-state index contributed by atoms with van der Waals surface area (Å²) in [4.78, 5) is 0.966. The van der Waals surface area contributed by atoms with Gasteiger partial charge in [-0.1, -0.05) is 23.7 Å². The van der Waals surface area contributed by atoms with Crippen molar-refractivity contribution >= 4 is 28.6 Å². The second kappa shape index (κ2) is 5.69. The Labute approximate surface area is 124 Å². The van der Waals surface area contributed by atoms with Crippen molar-refractivity contribution in [3.63, 3.8) is 0 Å². The minimum Gasteiger partial charge on any atom is -0.467 e. The second-order valence-corrected chi connectivity index (χ2v) is 5.96. The monoisotopic (exact) mass is 307 g/mol. The Hall–Kier alpha value is -1.78. The van der Waals surface area contributed by atoms with E-state index in [0.717, 1.165) is 4.88 Å². The zero-order valence-electron chi connectivity index (χ0n) is 10.3. The largest absolute Gasteiger partial charge is 0.467 e. The van der Waals surface area contributed by atoms with Crippen molar-refractivity contribution < 1.29 is 8.81 Å². The third-order valence-electron chi connectivity index (χ3n) is 2.88. The molecule has 0 saturated carbocycles. The number of hydrogen-bond donors (Lipinski definition) is 1. The molecule has 5 heteroatoms. The molecule has 1 unspecified atom stereocenters. The predicted octanol–water partition coefficient (Wildman–Crippen LogP) is 5.34. The minimum atomic E-state index is -0.299. The van der Waals surface area contributed by atoms with E-state index in [4.69, 9.17) is 16.0 Å². The van der Waals surface area contributed by atoms with Gasteiger partial charge in [-0.15, -0.1) is 11.3 Å². The molecule has 0 aliphatic heterocycles. The highest BCUT2D eigenvalue weighted by Crippen LogP contribution is 2.34. The van der Waals surface area contributed by atoms with Crippen LogP contribution in [0.5, 0.6) is 0 Å². The summed E-state index contributed by atoms with van der Waals surface area (Å²) >= 11 is 7.43. The van der Waals surface area contributed by atoms with Crippen LogP contribution in [0.1, 0.15) is 16.7 Å². The fraction of sp³-hybridized carbons (Fsp3) is 0.0667. The second-order valence-electron chi connectivity index (χ2n) is 4.21. The van der Waals surface area contributed by atoms with Crippen LogP contribution in [0.25, 0.3) is 0 Å². The molecule has 3 rings (SSSR count). The van der Waals surface area contributed by atoms with Crippen LogP contribution < -0.4 is 5.32 Å². The van der Waals surface area contributed by atoms with E-state index in [9.17, 15) is 4.39 Å². The van der Waals surface area contributed by atoms with E-state index in [1.165, 1.54) is 17.4 Å². The molecule has 0 bridgehead atoms. The number of para-hydroxylation sites is 1. The molecule has 0 saturated heterocycles. The maximum Gasteiger partial charge on any atom is 0.146 e. The van der Waals surface area contributed by atoms with Crippen LogP contribution in [0.3, 0.4) is 0 Å². The van der Waals surface area contributed by atoms with Gasteiger partial charge in [0.1, 0.15) is 17.6 Å². The van der Waals surface area contributed by atoms with Crippen LogP contribution in [0, 0.1) is 5.82 Å². The summed E-state index contributed by atoms with van der Waals surface area (Å²) in [6.45, 7) is 0. The van der Waals surface area contributed by atoms with Gasteiger partial charge in [-0.25, -0.2) is 4.39 Å². The lowest BCUT2D eigenvalue weighted by Gasteiger charge is -2.17. The summed E-state index contributed by atoms with van der Waals surface area (Å²) in [5.41, 5.74) is 0.429. The predicted molar refractivity (Wildman–Crippen MR) is 79.9 cm³/mol. The van der Waals surface area contributed by atoms with Crippen molar-refractivity contribution in [3.8, 4) is 0 Å². The first-order valence-corrected chi connectivity index (χ1v) is 7.23. The molecule has 1 atom stereocenters. The molecule has 0 spiro atoms. The van der Waals surface area contributed by atoms with Gasteiger partial charge in [-0.3, -0.25) is 0 Å². The summed E-state index contributed by atoms with van der Waals surface area (Å²) < 4.78 is 19.9. The molecule has 0 radical (unpaired) electrons. The molecule has 1 N–H and O–H groups in total. The molecule has 1 aromatic carbocycles. The van der Waals surface area contributed by atoms with Crippen LogP contribution in [0.15, 0.2) is 59.2 Å². The third-order valence-corrected chi connectivity index (χ3v) is 4.18. The molecule has 3 aromatic rings. The average molecular weight is 308 g/mol. The van der Waals surface area contributed by atoms with Gasteiger partial charge in [0.2, 0.25) is 0 Å². The van der Waals surface area contributed by atoms with E-state index in [0.29, 0.717) is 15.8 Å². The maximum atomic E-state index is 13.8. The number of nitrogens with one attached hydrogen (secondary N) is 1. The smallest absolute Gasteiger partial charge is 0.146 e. The van der Waals surface area contributed by atoms with Crippen LogP contribution in [-0.2, 0) is 0 Å². The molecule has 0 amide bonds. The number of halogens is 2. The third kappa shape index (κ3) is 2.71. The first-order valence-electron chi connectivity index (χ1n) is 6.04. The molecular weight excluding hydrogens is 297 g/mol. The number of thiophene rings is 1. The van der Waals surface area contributed by atoms with Gasteiger partial charge in [0.25, 0.3) is 0 Å². The van der Waals surface area contributed by atoms with Crippen LogP contribution >= 0.6 is 22.9 Å². The summed E-state index contributed by atoms with van der Waals surface area (Å²) in [5.74, 6) is 0.415. The van der Waals surface area contributed by atoms with Crippen LogP contribution in [-0.4, -0.2) is 0 Å². The lowest BCUT2D eigenvalue weighted by Crippen LogP contribution is -2.11. The molecular formula is C15H11ClFNOS. The van der Waals surface area contributed by atoms with E-state index >= 15 is 0 Å². The number of furan rings is 1. The van der Waals surface area contributed by atoms with Gasteiger partial charge < -0.3 is 9.73 Å². The van der Waals surface area contributed by atoms with E-state index in [1.807, 2.05) is 18.2 Å². The minimum absolute atomic E-state index is 0.264. The van der Waals surface area contributed by atoms with Gasteiger partial charge in [-0.05, 0) is 36.4 Å². The Morgan fingerprint density at radius 3 is 2.60 bits per heavy atom. The van der Waals surface area contributed by atoms with Crippen molar-refractivity contribution in [2.75, 3.05) is 5.32 Å². The van der Waals surface area contributed by atoms with Gasteiger partial charge >= 0.3 is 0 Å². The Morgan fingerprint density at radius 1 is 1.10 bits per heavy atom. The highest BCUT2D eigenvalue weighted by Gasteiger charge is 2.20. The van der Waals surface area contributed by atoms with Crippen LogP contribution in [0.4, 0.5) is 10.1 Å². The maximum absolute atomic E-state index is 13.8. The number of hydrogen-bond acceptors (Lipinski definition) is 3. The van der Waals surface area contributed by atoms with E-state index in [1.54, 1.807) is 30.5 Å². The molecule has 102 valence electrons. The van der Waals surface area contributed by atoms with Crippen molar-refractivity contribution in [2.45, 2.75) is 6.04 Å². The standard InChI is InChI=1S/C15H11ClFNOS/c16-14-8-7-13(20-14)15(12-6-3-9-19-12)18-11-5-2-1-4-10(11)17/h1-9,15,18H. The van der Waals surface area contributed by atoms with Crippen molar-refractivity contribution in [2.24, 2.45) is 0 Å². The topological polar surface area (TPSA) is 25.2 Å². The fourth-order valence-corrected chi connectivity index (χ4v) is 3.08. The Balaban J connectivity index is 1.97. The summed E-state index contributed by atoms with van der Waals surface area (Å²) in [6, 6.07) is 13.7. The van der Waals surface area contributed by atoms with Crippen molar-refractivity contribution in [3.05, 3.63) is 75.6 Å². The Bertz CT molecular complexity index is 695. The fourth-order valence-electron chi connectivity index (χ4n) is 1.96. The summed E-state index contributed by atoms with van der Waals surface area (Å²) in [7, 11) is 0. The summed E-state index contributed by atoms with van der Waals surface area (Å²) in [5, 5.41) is 3.16. The Kier molecular flexibility index (Phi) is 3.76. The highest BCUT2D eigenvalue weighted by molar-refractivity contribution is 7.16. The van der Waals surface area contributed by atoms with Crippen LogP contribution in [0.2, 0.25) is 4.34 Å². The quantitative estimate of drug-likeness (QED) is 0.704. The first-order chi connectivity index (χ1) is 9.74. The van der Waals surface area contributed by atoms with E-state index < -0.39 is 0 Å². The Morgan fingerprint density at radius 2 is 1.95 bits per heavy atom. The van der Waals surface area contributed by atoms with Crippen molar-refractivity contribution in [1.82, 2.24) is 0 Å². The molecule has 2 nitrogen and oxygen atoms in total. The number of anilines is 1. The highest BCUT2D eigenvalue weighted by atomic mass is 35.5. The normalized spacial score (nSPS) is 12.3. The number of benzene rings is 1. The van der Waals surface area contributed by atoms with Gasteiger partial charge in [0.15, 0.2) is 0 Å². The summed E-state index contributed by atoms with van der Waals surface area (Å²) in [6.07, 6.45) is 1.60. The van der Waals surface area contributed by atoms with Gasteiger partial charge in [-0.2, -0.15) is 0 Å². The van der Waals surface area contributed by atoms with E-state index in [2.05, 4.69) is 5.32 Å². The molecule has 0 aliphatic rings. The molecule has 2 heterocycles. The zero-order chi connectivity index (χ0) is 13.9. The molecule has 2 aromatic heterocycles. The lowest BCUT2D eigenvalue weighted by atomic mass is 10.1. The zero-order valence-corrected chi connectivity index (χ0v) is 11.9. The number of rotatable bonds is 4. The SMILES string of the molecule is Fc1ccccc1NC(c1ccco1)c1ccc(Cl)s1. The van der Waals surface area contributed by atoms with Gasteiger partial charge in [0.05, 0.1) is 16.3 Å². The van der Waals surface area contributed by atoms with Gasteiger partial charge in [0, 0.05) is 4.88 Å². The molecule has 20 heavy (non-hydrogen) atoms. The lowest BCUT2D eigenvalue weighted by molar-refractivity contribution is 0.499. The van der Waals surface area contributed by atoms with Crippen molar-refractivity contribution in [1.29, 1.82) is 0 Å². The first kappa shape index (κ1) is 13.2. The molecule has 0 fully saturated rings.